The minimum absolute atomic E-state index is 0.559. The van der Waals surface area contributed by atoms with Crippen molar-refractivity contribution in [3.63, 3.8) is 0 Å². The lowest BCUT2D eigenvalue weighted by atomic mass is 10.2. The quantitative estimate of drug-likeness (QED) is 0.677. The Kier molecular flexibility index (Phi) is 3.96. The number of pyridine rings is 1. The second-order valence-electron chi connectivity index (χ2n) is 3.22. The molecule has 86 valence electrons. The van der Waals surface area contributed by atoms with Crippen molar-refractivity contribution in [1.82, 2.24) is 4.98 Å². The van der Waals surface area contributed by atoms with Crippen LogP contribution in [0.5, 0.6) is 0 Å². The average Bonchev–Trinajstić information content (AvgIpc) is 2.34. The summed E-state index contributed by atoms with van der Waals surface area (Å²) in [6, 6.07) is 10.8. The molecule has 0 amide bonds. The number of benzene rings is 1. The highest BCUT2D eigenvalue weighted by atomic mass is 35.5. The van der Waals surface area contributed by atoms with Crippen LogP contribution in [0.15, 0.2) is 47.7 Å². The number of halogens is 2. The van der Waals surface area contributed by atoms with E-state index in [1.807, 2.05) is 18.2 Å². The van der Waals surface area contributed by atoms with Crippen LogP contribution in [0.1, 0.15) is 5.56 Å². The van der Waals surface area contributed by atoms with Gasteiger partial charge in [0.2, 0.25) is 0 Å². The van der Waals surface area contributed by atoms with E-state index < -0.39 is 0 Å². The highest BCUT2D eigenvalue weighted by molar-refractivity contribution is 6.38. The van der Waals surface area contributed by atoms with Crippen molar-refractivity contribution in [2.45, 2.75) is 0 Å². The van der Waals surface area contributed by atoms with Crippen molar-refractivity contribution in [3.8, 4) is 0 Å². The fourth-order valence-electron chi connectivity index (χ4n) is 1.23. The Morgan fingerprint density at radius 1 is 1.06 bits per heavy atom. The summed E-state index contributed by atoms with van der Waals surface area (Å²) in [7, 11) is 0. The molecule has 0 bridgehead atoms. The maximum absolute atomic E-state index is 5.99. The maximum atomic E-state index is 5.99. The zero-order chi connectivity index (χ0) is 12.1. The Morgan fingerprint density at radius 3 is 2.47 bits per heavy atom. The molecule has 0 saturated carbocycles. The van der Waals surface area contributed by atoms with Crippen molar-refractivity contribution in [3.05, 3.63) is 58.2 Å². The zero-order valence-electron chi connectivity index (χ0n) is 8.77. The third-order valence-electron chi connectivity index (χ3n) is 2.04. The first-order valence-corrected chi connectivity index (χ1v) is 5.67. The second-order valence-corrected chi connectivity index (χ2v) is 4.03. The summed E-state index contributed by atoms with van der Waals surface area (Å²) >= 11 is 12.0. The van der Waals surface area contributed by atoms with Gasteiger partial charge in [0.15, 0.2) is 0 Å². The van der Waals surface area contributed by atoms with Gasteiger partial charge in [0.25, 0.3) is 0 Å². The molecule has 0 atom stereocenters. The first kappa shape index (κ1) is 11.9. The molecule has 1 aromatic heterocycles. The van der Waals surface area contributed by atoms with Gasteiger partial charge in [-0.05, 0) is 24.3 Å². The Balaban J connectivity index is 2.11. The van der Waals surface area contributed by atoms with Crippen molar-refractivity contribution in [1.29, 1.82) is 0 Å². The molecular formula is C12H9Cl2N3. The monoisotopic (exact) mass is 265 g/mol. The van der Waals surface area contributed by atoms with Crippen LogP contribution < -0.4 is 5.43 Å². The van der Waals surface area contributed by atoms with Crippen LogP contribution in [-0.4, -0.2) is 11.2 Å². The summed E-state index contributed by atoms with van der Waals surface area (Å²) in [6.45, 7) is 0. The van der Waals surface area contributed by atoms with Crippen LogP contribution in [0.4, 0.5) is 5.82 Å². The Morgan fingerprint density at radius 2 is 1.82 bits per heavy atom. The van der Waals surface area contributed by atoms with Gasteiger partial charge in [-0.3, -0.25) is 5.43 Å². The van der Waals surface area contributed by atoms with Gasteiger partial charge in [-0.1, -0.05) is 35.3 Å². The van der Waals surface area contributed by atoms with Crippen LogP contribution >= 0.6 is 23.2 Å². The van der Waals surface area contributed by atoms with Gasteiger partial charge in [0.05, 0.1) is 16.3 Å². The number of hydrogen-bond acceptors (Lipinski definition) is 3. The van der Waals surface area contributed by atoms with Crippen LogP contribution in [0.25, 0.3) is 0 Å². The third kappa shape index (κ3) is 3.19. The number of hydrogen-bond donors (Lipinski definition) is 1. The van der Waals surface area contributed by atoms with Crippen molar-refractivity contribution in [2.75, 3.05) is 5.43 Å². The fraction of sp³-hybridized carbons (Fsp3) is 0. The third-order valence-corrected chi connectivity index (χ3v) is 2.70. The predicted octanol–water partition coefficient (Wildman–Crippen LogP) is 3.83. The maximum Gasteiger partial charge on any atom is 0.146 e. The Bertz CT molecular complexity index is 506. The molecule has 0 aliphatic carbocycles. The molecule has 0 saturated heterocycles. The molecule has 17 heavy (non-hydrogen) atoms. The average molecular weight is 266 g/mol. The number of aromatic nitrogens is 1. The minimum atomic E-state index is 0.559. The highest BCUT2D eigenvalue weighted by Crippen LogP contribution is 2.22. The van der Waals surface area contributed by atoms with E-state index >= 15 is 0 Å². The summed E-state index contributed by atoms with van der Waals surface area (Å²) in [5.41, 5.74) is 3.47. The summed E-state index contributed by atoms with van der Waals surface area (Å²) in [5, 5.41) is 5.15. The lowest BCUT2D eigenvalue weighted by molar-refractivity contribution is 1.23. The molecule has 0 unspecified atom stereocenters. The van der Waals surface area contributed by atoms with Crippen LogP contribution in [0.2, 0.25) is 10.0 Å². The molecule has 2 rings (SSSR count). The molecule has 1 aromatic carbocycles. The molecule has 1 heterocycles. The van der Waals surface area contributed by atoms with Gasteiger partial charge < -0.3 is 0 Å². The highest BCUT2D eigenvalue weighted by Gasteiger charge is 2.01. The van der Waals surface area contributed by atoms with E-state index in [9.17, 15) is 0 Å². The number of rotatable bonds is 3. The van der Waals surface area contributed by atoms with Gasteiger partial charge >= 0.3 is 0 Å². The molecule has 1 N–H and O–H groups in total. The van der Waals surface area contributed by atoms with Crippen LogP contribution in [0.3, 0.4) is 0 Å². The van der Waals surface area contributed by atoms with E-state index in [0.29, 0.717) is 21.4 Å². The lowest BCUT2D eigenvalue weighted by Crippen LogP contribution is -1.93. The van der Waals surface area contributed by atoms with E-state index in [-0.39, 0.29) is 0 Å². The van der Waals surface area contributed by atoms with E-state index in [4.69, 9.17) is 23.2 Å². The standard InChI is InChI=1S/C12H9Cl2N3/c13-10-4-3-5-11(14)9(10)8-16-17-12-6-1-2-7-15-12/h1-8H,(H,15,17). The Labute approximate surface area is 109 Å². The lowest BCUT2D eigenvalue weighted by Gasteiger charge is -2.01. The van der Waals surface area contributed by atoms with Gasteiger partial charge in [-0.2, -0.15) is 5.10 Å². The molecule has 0 aliphatic rings. The predicted molar refractivity (Wildman–Crippen MR) is 71.9 cm³/mol. The zero-order valence-corrected chi connectivity index (χ0v) is 10.3. The molecule has 0 fully saturated rings. The number of nitrogens with one attached hydrogen (secondary N) is 1. The first-order chi connectivity index (χ1) is 8.27. The summed E-state index contributed by atoms with van der Waals surface area (Å²) in [6.07, 6.45) is 3.25. The van der Waals surface area contributed by atoms with Gasteiger partial charge in [-0.15, -0.1) is 0 Å². The molecule has 5 heteroatoms. The SMILES string of the molecule is Clc1cccc(Cl)c1C=NNc1ccccn1. The van der Waals surface area contributed by atoms with Crippen LogP contribution in [-0.2, 0) is 0 Å². The van der Waals surface area contributed by atoms with Crippen molar-refractivity contribution >= 4 is 35.2 Å². The molecule has 3 nitrogen and oxygen atoms in total. The molecule has 0 spiro atoms. The molecule has 2 aromatic rings. The topological polar surface area (TPSA) is 37.3 Å². The van der Waals surface area contributed by atoms with Crippen molar-refractivity contribution < 1.29 is 0 Å². The van der Waals surface area contributed by atoms with E-state index in [0.717, 1.165) is 0 Å². The van der Waals surface area contributed by atoms with Gasteiger partial charge in [0.1, 0.15) is 5.82 Å². The smallest absolute Gasteiger partial charge is 0.146 e. The molecular weight excluding hydrogens is 257 g/mol. The largest absolute Gasteiger partial charge is 0.261 e. The van der Waals surface area contributed by atoms with E-state index in [1.54, 1.807) is 30.6 Å². The van der Waals surface area contributed by atoms with Gasteiger partial charge in [0, 0.05) is 11.8 Å². The number of hydrazone groups is 1. The second kappa shape index (κ2) is 5.66. The molecule has 0 aliphatic heterocycles. The number of nitrogens with zero attached hydrogens (tertiary/aromatic N) is 2. The summed E-state index contributed by atoms with van der Waals surface area (Å²) < 4.78 is 0. The van der Waals surface area contributed by atoms with E-state index in [2.05, 4.69) is 15.5 Å². The fourth-order valence-corrected chi connectivity index (χ4v) is 1.72. The van der Waals surface area contributed by atoms with E-state index in [1.165, 1.54) is 0 Å². The van der Waals surface area contributed by atoms with Crippen LogP contribution in [0, 0.1) is 0 Å². The first-order valence-electron chi connectivity index (χ1n) is 4.91. The van der Waals surface area contributed by atoms with Crippen molar-refractivity contribution in [2.24, 2.45) is 5.10 Å². The minimum Gasteiger partial charge on any atom is -0.261 e. The van der Waals surface area contributed by atoms with Gasteiger partial charge in [-0.25, -0.2) is 4.98 Å². The molecule has 0 radical (unpaired) electrons. The Hall–Kier alpha value is -1.58. The summed E-state index contributed by atoms with van der Waals surface area (Å²) in [4.78, 5) is 4.06. The summed E-state index contributed by atoms with van der Waals surface area (Å²) in [5.74, 6) is 0.659. The normalized spacial score (nSPS) is 10.7. The number of anilines is 1.